The summed E-state index contributed by atoms with van der Waals surface area (Å²) in [5.74, 6) is 2.05. The average Bonchev–Trinajstić information content (AvgIpc) is 3.05. The van der Waals surface area contributed by atoms with Crippen molar-refractivity contribution in [1.29, 1.82) is 0 Å². The first kappa shape index (κ1) is 16.4. The van der Waals surface area contributed by atoms with Crippen molar-refractivity contribution >= 4 is 0 Å². The van der Waals surface area contributed by atoms with Crippen molar-refractivity contribution in [2.45, 2.75) is 115 Å². The second kappa shape index (κ2) is 6.36. The third-order valence-corrected chi connectivity index (χ3v) is 8.63. The molecule has 2 saturated carbocycles. The predicted octanol–water partition coefficient (Wildman–Crippen LogP) is 6.17. The monoisotopic (exact) mass is 317 g/mol. The zero-order chi connectivity index (χ0) is 15.9. The lowest BCUT2D eigenvalue weighted by Gasteiger charge is -2.53. The molecule has 0 aromatic carbocycles. The zero-order valence-electron chi connectivity index (χ0n) is 15.8. The fourth-order valence-electron chi connectivity index (χ4n) is 7.12. The molecule has 2 heterocycles. The van der Waals surface area contributed by atoms with Crippen molar-refractivity contribution in [3.8, 4) is 0 Å². The molecule has 2 aliphatic heterocycles. The van der Waals surface area contributed by atoms with Gasteiger partial charge >= 0.3 is 0 Å². The lowest BCUT2D eigenvalue weighted by molar-refractivity contribution is -0.0432. The minimum Gasteiger partial charge on any atom is -0.294 e. The molecular weight excluding hydrogens is 278 g/mol. The van der Waals surface area contributed by atoms with E-state index in [9.17, 15) is 0 Å². The van der Waals surface area contributed by atoms with Gasteiger partial charge in [0.05, 0.1) is 0 Å². The first-order valence-corrected chi connectivity index (χ1v) is 10.9. The summed E-state index contributed by atoms with van der Waals surface area (Å²) in [5.41, 5.74) is 1.20. The Bertz CT molecular complexity index is 380. The molecule has 132 valence electrons. The Morgan fingerprint density at radius 1 is 0.696 bits per heavy atom. The third kappa shape index (κ3) is 2.70. The maximum atomic E-state index is 3.07. The number of rotatable bonds is 0. The van der Waals surface area contributed by atoms with Crippen LogP contribution in [0.4, 0.5) is 0 Å². The Kier molecular flexibility index (Phi) is 4.54. The summed E-state index contributed by atoms with van der Waals surface area (Å²) >= 11 is 0. The van der Waals surface area contributed by atoms with Crippen molar-refractivity contribution in [1.82, 2.24) is 4.90 Å². The molecule has 0 bridgehead atoms. The summed E-state index contributed by atoms with van der Waals surface area (Å²) in [7, 11) is 0. The van der Waals surface area contributed by atoms with E-state index in [1.165, 1.54) is 90.0 Å². The molecule has 0 amide bonds. The minimum atomic E-state index is 0.553. The van der Waals surface area contributed by atoms with E-state index >= 15 is 0 Å². The first-order valence-electron chi connectivity index (χ1n) is 10.9. The molecule has 4 fully saturated rings. The van der Waals surface area contributed by atoms with Crippen LogP contribution in [-0.4, -0.2) is 23.0 Å². The lowest BCUT2D eigenvalue weighted by Crippen LogP contribution is -2.57. The highest BCUT2D eigenvalue weighted by Crippen LogP contribution is 2.71. The number of hydrogen-bond donors (Lipinski definition) is 0. The van der Waals surface area contributed by atoms with Gasteiger partial charge in [0.1, 0.15) is 0 Å². The maximum absolute atomic E-state index is 3.07. The van der Waals surface area contributed by atoms with Crippen LogP contribution in [0.5, 0.6) is 0 Å². The van der Waals surface area contributed by atoms with Crippen molar-refractivity contribution in [3.63, 3.8) is 0 Å². The molecular formula is C22H39N. The van der Waals surface area contributed by atoms with E-state index in [1.807, 2.05) is 0 Å². The van der Waals surface area contributed by atoms with E-state index in [0.717, 1.165) is 17.9 Å². The number of fused-ring (bicyclic) bond motifs is 6. The summed E-state index contributed by atoms with van der Waals surface area (Å²) in [6.45, 7) is 6.71. The molecule has 0 radical (unpaired) electrons. The summed E-state index contributed by atoms with van der Waals surface area (Å²) in [5, 5.41) is 0. The Hall–Kier alpha value is -0.0400. The van der Waals surface area contributed by atoms with Crippen LogP contribution < -0.4 is 0 Å². The largest absolute Gasteiger partial charge is 0.294 e. The summed E-state index contributed by atoms with van der Waals surface area (Å²) in [6.07, 6.45) is 21.0. The van der Waals surface area contributed by atoms with E-state index < -0.39 is 0 Å². The van der Waals surface area contributed by atoms with E-state index in [0.29, 0.717) is 11.0 Å². The minimum absolute atomic E-state index is 0.553. The van der Waals surface area contributed by atoms with Crippen LogP contribution in [0.1, 0.15) is 104 Å². The van der Waals surface area contributed by atoms with E-state index in [4.69, 9.17) is 0 Å². The van der Waals surface area contributed by atoms with Crippen LogP contribution in [0.3, 0.4) is 0 Å². The first-order chi connectivity index (χ1) is 11.2. The molecule has 0 aromatic heterocycles. The average molecular weight is 318 g/mol. The highest BCUT2D eigenvalue weighted by molar-refractivity contribution is 5.25. The second-order valence-electron chi connectivity index (χ2n) is 9.80. The molecule has 23 heavy (non-hydrogen) atoms. The van der Waals surface area contributed by atoms with Gasteiger partial charge in [0.2, 0.25) is 0 Å². The second-order valence-corrected chi connectivity index (χ2v) is 9.80. The van der Waals surface area contributed by atoms with Crippen LogP contribution in [0.25, 0.3) is 0 Å². The van der Waals surface area contributed by atoms with Crippen LogP contribution >= 0.6 is 0 Å². The quantitative estimate of drug-likeness (QED) is 0.516. The Morgan fingerprint density at radius 3 is 2.09 bits per heavy atom. The fourth-order valence-corrected chi connectivity index (χ4v) is 7.12. The van der Waals surface area contributed by atoms with Crippen molar-refractivity contribution < 1.29 is 0 Å². The van der Waals surface area contributed by atoms with E-state index in [2.05, 4.69) is 18.7 Å². The molecule has 4 aliphatic rings. The van der Waals surface area contributed by atoms with Gasteiger partial charge in [-0.25, -0.2) is 0 Å². The van der Waals surface area contributed by atoms with Gasteiger partial charge in [0.15, 0.2) is 0 Å². The van der Waals surface area contributed by atoms with Gasteiger partial charge in [-0.15, -0.1) is 0 Å². The van der Waals surface area contributed by atoms with Gasteiger partial charge in [-0.3, -0.25) is 4.90 Å². The maximum Gasteiger partial charge on any atom is 0.0247 e. The highest BCUT2D eigenvalue weighted by Gasteiger charge is 2.72. The van der Waals surface area contributed by atoms with Crippen LogP contribution in [0.15, 0.2) is 0 Å². The predicted molar refractivity (Wildman–Crippen MR) is 98.6 cm³/mol. The zero-order valence-corrected chi connectivity index (χ0v) is 15.8. The highest BCUT2D eigenvalue weighted by atomic mass is 15.3. The fraction of sp³-hybridized carbons (Fsp3) is 1.00. The molecule has 1 heteroatoms. The Labute approximate surface area is 144 Å². The van der Waals surface area contributed by atoms with Gasteiger partial charge in [-0.2, -0.15) is 0 Å². The van der Waals surface area contributed by atoms with Gasteiger partial charge in [-0.1, -0.05) is 64.7 Å². The SMILES string of the molecule is CC12CC1(C)N1CCCCCCCC1C1CCCCCCCC12. The van der Waals surface area contributed by atoms with Crippen LogP contribution in [0, 0.1) is 17.3 Å². The molecule has 0 aromatic rings. The standard InChI is InChI=1S/C22H39N/c1-21-17-22(21,2)23-16-12-8-4-7-11-15-20(23)18-13-9-5-3-6-10-14-19(18)21/h18-20H,3-17H2,1-2H3. The number of piperidine rings is 1. The molecule has 5 atom stereocenters. The number of hydrogen-bond acceptors (Lipinski definition) is 1. The molecule has 2 saturated heterocycles. The molecule has 5 unspecified atom stereocenters. The summed E-state index contributed by atoms with van der Waals surface area (Å²) in [6, 6.07) is 0.928. The summed E-state index contributed by atoms with van der Waals surface area (Å²) in [4.78, 5) is 3.07. The van der Waals surface area contributed by atoms with Crippen molar-refractivity contribution in [2.75, 3.05) is 6.54 Å². The molecule has 0 N–H and O–H groups in total. The lowest BCUT2D eigenvalue weighted by atomic mass is 9.66. The molecule has 1 nitrogen and oxygen atoms in total. The third-order valence-electron chi connectivity index (χ3n) is 8.63. The van der Waals surface area contributed by atoms with Gasteiger partial charge in [0, 0.05) is 11.6 Å². The molecule has 4 rings (SSSR count). The van der Waals surface area contributed by atoms with Gasteiger partial charge < -0.3 is 0 Å². The van der Waals surface area contributed by atoms with Gasteiger partial charge in [0.25, 0.3) is 0 Å². The van der Waals surface area contributed by atoms with Crippen LogP contribution in [0.2, 0.25) is 0 Å². The van der Waals surface area contributed by atoms with E-state index in [-0.39, 0.29) is 0 Å². The van der Waals surface area contributed by atoms with Crippen LogP contribution in [-0.2, 0) is 0 Å². The summed E-state index contributed by atoms with van der Waals surface area (Å²) < 4.78 is 0. The molecule has 2 aliphatic carbocycles. The van der Waals surface area contributed by atoms with Crippen molar-refractivity contribution in [2.24, 2.45) is 17.3 Å². The Morgan fingerprint density at radius 2 is 1.30 bits per heavy atom. The van der Waals surface area contributed by atoms with Crippen molar-refractivity contribution in [3.05, 3.63) is 0 Å². The topological polar surface area (TPSA) is 3.24 Å². The smallest absolute Gasteiger partial charge is 0.0247 e. The van der Waals surface area contributed by atoms with Gasteiger partial charge in [-0.05, 0) is 62.8 Å². The Balaban J connectivity index is 1.64. The molecule has 0 spiro atoms. The normalized spacial score (nSPS) is 49.0. The number of nitrogens with zero attached hydrogens (tertiary/aromatic N) is 1. The van der Waals surface area contributed by atoms with E-state index in [1.54, 1.807) is 6.42 Å².